The van der Waals surface area contributed by atoms with E-state index in [1.807, 2.05) is 12.1 Å². The van der Waals surface area contributed by atoms with Crippen molar-refractivity contribution in [2.75, 3.05) is 6.54 Å². The zero-order valence-electron chi connectivity index (χ0n) is 19.2. The van der Waals surface area contributed by atoms with Gasteiger partial charge >= 0.3 is 6.09 Å². The Labute approximate surface area is 194 Å². The number of rotatable bonds is 4. The molecule has 7 heteroatoms. The summed E-state index contributed by atoms with van der Waals surface area (Å²) in [4.78, 5) is 35.1. The van der Waals surface area contributed by atoms with Crippen LogP contribution in [0.2, 0.25) is 0 Å². The molecule has 1 aromatic carbocycles. The van der Waals surface area contributed by atoms with Gasteiger partial charge in [-0.15, -0.1) is 0 Å². The maximum atomic E-state index is 11.8. The summed E-state index contributed by atoms with van der Waals surface area (Å²) in [6, 6.07) is 7.61. The SMILES string of the molecule is CC(=O)CNC(=O)Oc1ccc(C2CCC[C@]3(C2)OOC2(O3)C3CC4CC(C3)CC2C4)cc1. The Hall–Kier alpha value is -1.96. The third-order valence-corrected chi connectivity index (χ3v) is 8.66. The monoisotopic (exact) mass is 455 g/mol. The highest BCUT2D eigenvalue weighted by Crippen LogP contribution is 2.64. The minimum Gasteiger partial charge on any atom is -0.410 e. The molecule has 6 fully saturated rings. The van der Waals surface area contributed by atoms with Crippen LogP contribution in [0.5, 0.6) is 5.75 Å². The van der Waals surface area contributed by atoms with Crippen molar-refractivity contribution in [1.82, 2.24) is 5.32 Å². The summed E-state index contributed by atoms with van der Waals surface area (Å²) < 4.78 is 12.1. The molecule has 0 radical (unpaired) electrons. The van der Waals surface area contributed by atoms with Crippen LogP contribution in [-0.2, 0) is 19.3 Å². The molecule has 2 atom stereocenters. The third kappa shape index (κ3) is 3.88. The van der Waals surface area contributed by atoms with Gasteiger partial charge in [-0.1, -0.05) is 12.1 Å². The second kappa shape index (κ2) is 8.07. The number of ketones is 1. The predicted octanol–water partition coefficient (Wildman–Crippen LogP) is 4.85. The normalized spacial score (nSPS) is 40.9. The lowest BCUT2D eigenvalue weighted by Crippen LogP contribution is -2.59. The quantitative estimate of drug-likeness (QED) is 0.654. The molecule has 2 spiro atoms. The minimum atomic E-state index is -0.653. The van der Waals surface area contributed by atoms with E-state index in [0.29, 0.717) is 23.5 Å². The minimum absolute atomic E-state index is 0.0341. The molecule has 0 aromatic heterocycles. The molecule has 1 unspecified atom stereocenters. The summed E-state index contributed by atoms with van der Waals surface area (Å²) >= 11 is 0. The van der Waals surface area contributed by atoms with Gasteiger partial charge in [0.25, 0.3) is 0 Å². The van der Waals surface area contributed by atoms with E-state index in [0.717, 1.165) is 37.5 Å². The Morgan fingerprint density at radius 3 is 2.39 bits per heavy atom. The summed E-state index contributed by atoms with van der Waals surface area (Å²) in [5.41, 5.74) is 1.18. The average Bonchev–Trinajstić information content (AvgIpc) is 3.15. The first-order chi connectivity index (χ1) is 15.9. The highest BCUT2D eigenvalue weighted by atomic mass is 17.3. The smallest absolute Gasteiger partial charge is 0.410 e. The van der Waals surface area contributed by atoms with Gasteiger partial charge in [-0.25, -0.2) is 4.79 Å². The van der Waals surface area contributed by atoms with E-state index in [2.05, 4.69) is 5.32 Å². The molecular formula is C26H33NO6. The molecule has 1 amide bonds. The van der Waals surface area contributed by atoms with Gasteiger partial charge in [0, 0.05) is 24.7 Å². The van der Waals surface area contributed by atoms with Gasteiger partial charge in [-0.05, 0) is 87.3 Å². The first-order valence-corrected chi connectivity index (χ1v) is 12.6. The van der Waals surface area contributed by atoms with Crippen LogP contribution in [0.15, 0.2) is 24.3 Å². The fraction of sp³-hybridized carbons (Fsp3) is 0.692. The molecule has 1 heterocycles. The number of nitrogens with one attached hydrogen (secondary N) is 1. The van der Waals surface area contributed by atoms with Crippen LogP contribution in [-0.4, -0.2) is 30.0 Å². The lowest BCUT2D eigenvalue weighted by Gasteiger charge is -2.57. The Balaban J connectivity index is 1.12. The lowest BCUT2D eigenvalue weighted by molar-refractivity contribution is -0.390. The van der Waals surface area contributed by atoms with Crippen molar-refractivity contribution < 1.29 is 28.8 Å². The van der Waals surface area contributed by atoms with Crippen LogP contribution in [0.1, 0.15) is 76.2 Å². The van der Waals surface area contributed by atoms with Crippen LogP contribution in [0.4, 0.5) is 4.79 Å². The Morgan fingerprint density at radius 1 is 1.03 bits per heavy atom. The highest BCUT2D eigenvalue weighted by molar-refractivity contribution is 5.82. The van der Waals surface area contributed by atoms with Gasteiger partial charge < -0.3 is 14.8 Å². The van der Waals surface area contributed by atoms with E-state index in [1.54, 1.807) is 12.1 Å². The standard InChI is InChI=1S/C26H33NO6/c1-16(28)15-27-24(29)30-23-6-4-19(5-7-23)20-3-2-8-25(14-20)31-26(33-32-25)21-10-17-9-18(12-21)13-22(26)11-17/h4-7,17-18,20-22H,2-3,8-15H2,1H3,(H,27,29)/t17?,18?,20?,21?,22?,25-,26?/m1/s1. The molecule has 5 saturated carbocycles. The number of ether oxygens (including phenoxy) is 2. The van der Waals surface area contributed by atoms with Crippen molar-refractivity contribution in [2.45, 2.75) is 82.2 Å². The second-order valence-corrected chi connectivity index (χ2v) is 11.0. The maximum absolute atomic E-state index is 11.8. The van der Waals surface area contributed by atoms with Gasteiger partial charge in [0.05, 0.1) is 6.54 Å². The average molecular weight is 456 g/mol. The number of carbonyl (C=O) groups excluding carboxylic acids is 2. The topological polar surface area (TPSA) is 83.1 Å². The van der Waals surface area contributed by atoms with Crippen LogP contribution < -0.4 is 10.1 Å². The Morgan fingerprint density at radius 2 is 1.73 bits per heavy atom. The molecule has 33 heavy (non-hydrogen) atoms. The zero-order chi connectivity index (χ0) is 22.6. The van der Waals surface area contributed by atoms with Crippen molar-refractivity contribution in [2.24, 2.45) is 23.7 Å². The van der Waals surface area contributed by atoms with Crippen molar-refractivity contribution in [3.05, 3.63) is 29.8 Å². The molecule has 7 nitrogen and oxygen atoms in total. The van der Waals surface area contributed by atoms with Crippen molar-refractivity contribution in [3.8, 4) is 5.75 Å². The summed E-state index contributed by atoms with van der Waals surface area (Å²) in [6.07, 6.45) is 9.39. The van der Waals surface area contributed by atoms with E-state index in [-0.39, 0.29) is 12.3 Å². The third-order valence-electron chi connectivity index (χ3n) is 8.66. The van der Waals surface area contributed by atoms with Crippen LogP contribution in [0.25, 0.3) is 0 Å². The van der Waals surface area contributed by atoms with Crippen molar-refractivity contribution in [3.63, 3.8) is 0 Å². The van der Waals surface area contributed by atoms with Gasteiger partial charge in [0.2, 0.25) is 11.6 Å². The van der Waals surface area contributed by atoms with Crippen LogP contribution >= 0.6 is 0 Å². The highest BCUT2D eigenvalue weighted by Gasteiger charge is 2.67. The van der Waals surface area contributed by atoms with E-state index >= 15 is 0 Å². The zero-order valence-corrected chi connectivity index (χ0v) is 19.2. The van der Waals surface area contributed by atoms with Crippen molar-refractivity contribution in [1.29, 1.82) is 0 Å². The first kappa shape index (κ1) is 21.6. The van der Waals surface area contributed by atoms with E-state index in [4.69, 9.17) is 19.2 Å². The molecule has 6 aliphatic rings. The molecule has 1 aromatic rings. The number of amides is 1. The Bertz CT molecular complexity index is 901. The summed E-state index contributed by atoms with van der Waals surface area (Å²) in [6.45, 7) is 1.38. The molecule has 1 aliphatic heterocycles. The van der Waals surface area contributed by atoms with Crippen LogP contribution in [0.3, 0.4) is 0 Å². The van der Waals surface area contributed by atoms with Gasteiger partial charge in [0.15, 0.2) is 0 Å². The van der Waals surface area contributed by atoms with E-state index in [1.165, 1.54) is 44.6 Å². The first-order valence-electron chi connectivity index (χ1n) is 12.6. The molecule has 7 rings (SSSR count). The number of carbonyl (C=O) groups is 2. The molecule has 1 saturated heterocycles. The molecular weight excluding hydrogens is 422 g/mol. The summed E-state index contributed by atoms with van der Waals surface area (Å²) in [5.74, 6) is 2.10. The largest absolute Gasteiger partial charge is 0.412 e. The van der Waals surface area contributed by atoms with Crippen LogP contribution in [0, 0.1) is 23.7 Å². The second-order valence-electron chi connectivity index (χ2n) is 11.0. The number of benzene rings is 1. The molecule has 178 valence electrons. The van der Waals surface area contributed by atoms with Gasteiger partial charge in [0.1, 0.15) is 11.5 Å². The predicted molar refractivity (Wildman–Crippen MR) is 118 cm³/mol. The van der Waals surface area contributed by atoms with Gasteiger partial charge in [-0.3, -0.25) is 4.79 Å². The summed E-state index contributed by atoms with van der Waals surface area (Å²) in [5, 5.41) is 2.43. The maximum Gasteiger partial charge on any atom is 0.412 e. The van der Waals surface area contributed by atoms with Crippen molar-refractivity contribution >= 4 is 11.9 Å². The molecule has 1 N–H and O–H groups in total. The fourth-order valence-corrected chi connectivity index (χ4v) is 7.41. The lowest BCUT2D eigenvalue weighted by atomic mass is 9.53. The number of hydrogen-bond donors (Lipinski definition) is 1. The molecule has 5 aliphatic carbocycles. The van der Waals surface area contributed by atoms with E-state index < -0.39 is 17.7 Å². The van der Waals surface area contributed by atoms with Gasteiger partial charge in [-0.2, -0.15) is 9.78 Å². The fourth-order valence-electron chi connectivity index (χ4n) is 7.41. The van der Waals surface area contributed by atoms with E-state index in [9.17, 15) is 9.59 Å². The number of Topliss-reactive ketones (excluding diaryl/α,β-unsaturated/α-hetero) is 1. The molecule has 4 bridgehead atoms. The number of hydrogen-bond acceptors (Lipinski definition) is 6. The Kier molecular flexibility index (Phi) is 5.27. The summed E-state index contributed by atoms with van der Waals surface area (Å²) in [7, 11) is 0.